The quantitative estimate of drug-likeness (QED) is 0.905. The molecule has 1 aromatic rings. The van der Waals surface area contributed by atoms with Crippen LogP contribution in [0.4, 0.5) is 4.39 Å². The van der Waals surface area contributed by atoms with Gasteiger partial charge in [0.1, 0.15) is 5.82 Å². The molecule has 0 unspecified atom stereocenters. The molecule has 0 aromatic heterocycles. The maximum absolute atomic E-state index is 14.1. The van der Waals surface area contributed by atoms with Gasteiger partial charge < -0.3 is 14.9 Å². The third kappa shape index (κ3) is 4.30. The largest absolute Gasteiger partial charge is 0.396 e. The molecule has 1 aliphatic rings. The van der Waals surface area contributed by atoms with Crippen LogP contribution in [0.1, 0.15) is 35.2 Å². The Labute approximate surface area is 137 Å². The molecule has 23 heavy (non-hydrogen) atoms. The molecule has 1 saturated heterocycles. The summed E-state index contributed by atoms with van der Waals surface area (Å²) >= 11 is 0. The molecule has 1 N–H and O–H groups in total. The summed E-state index contributed by atoms with van der Waals surface area (Å²) in [5.74, 6) is -0.367. The number of aliphatic hydroxyl groups excluding tert-OH is 1. The van der Waals surface area contributed by atoms with Gasteiger partial charge in [0.15, 0.2) is 0 Å². The monoisotopic (exact) mass is 322 g/mol. The number of aliphatic hydroxyl groups is 1. The Balaban J connectivity index is 2.12. The number of hydrogen-bond acceptors (Lipinski definition) is 3. The molecule has 5 heteroatoms. The van der Waals surface area contributed by atoms with Crippen LogP contribution in [-0.2, 0) is 0 Å². The lowest BCUT2D eigenvalue weighted by atomic mass is 9.87. The van der Waals surface area contributed by atoms with Crippen molar-refractivity contribution in [2.75, 3.05) is 33.8 Å². The van der Waals surface area contributed by atoms with Crippen LogP contribution in [0.5, 0.6) is 0 Å². The van der Waals surface area contributed by atoms with Crippen molar-refractivity contribution in [1.29, 1.82) is 0 Å². The van der Waals surface area contributed by atoms with E-state index >= 15 is 0 Å². The fourth-order valence-electron chi connectivity index (χ4n) is 3.49. The van der Waals surface area contributed by atoms with Crippen molar-refractivity contribution in [2.45, 2.75) is 32.2 Å². The lowest BCUT2D eigenvalue weighted by molar-refractivity contribution is 0.0492. The zero-order valence-electron chi connectivity index (χ0n) is 14.3. The third-order valence-electron chi connectivity index (χ3n) is 4.73. The highest BCUT2D eigenvalue weighted by Crippen LogP contribution is 2.26. The van der Waals surface area contributed by atoms with Gasteiger partial charge in [0.2, 0.25) is 0 Å². The maximum Gasteiger partial charge on any atom is 0.256 e. The number of likely N-dealkylation sites (tertiary alicyclic amines) is 1. The molecule has 1 aliphatic heterocycles. The molecule has 0 spiro atoms. The van der Waals surface area contributed by atoms with Crippen molar-refractivity contribution in [2.24, 2.45) is 5.92 Å². The molecule has 4 nitrogen and oxygen atoms in total. The predicted octanol–water partition coefficient (Wildman–Crippen LogP) is 2.30. The number of aryl methyl sites for hydroxylation is 1. The summed E-state index contributed by atoms with van der Waals surface area (Å²) in [5.41, 5.74) is 0.964. The number of piperidine rings is 1. The molecule has 1 aromatic carbocycles. The Morgan fingerprint density at radius 2 is 2.17 bits per heavy atom. The molecule has 2 atom stereocenters. The second-order valence-electron chi connectivity index (χ2n) is 6.68. The van der Waals surface area contributed by atoms with E-state index < -0.39 is 5.82 Å². The number of carbonyl (C=O) groups excluding carboxylic acids is 1. The van der Waals surface area contributed by atoms with Crippen LogP contribution >= 0.6 is 0 Å². The number of hydrogen-bond donors (Lipinski definition) is 1. The molecular weight excluding hydrogens is 295 g/mol. The minimum Gasteiger partial charge on any atom is -0.396 e. The number of carbonyl (C=O) groups is 1. The van der Waals surface area contributed by atoms with Crippen molar-refractivity contribution >= 4 is 5.91 Å². The molecule has 1 fully saturated rings. The van der Waals surface area contributed by atoms with Crippen molar-refractivity contribution in [3.8, 4) is 0 Å². The molecule has 1 heterocycles. The Morgan fingerprint density at radius 1 is 1.43 bits per heavy atom. The van der Waals surface area contributed by atoms with Crippen LogP contribution in [0.3, 0.4) is 0 Å². The summed E-state index contributed by atoms with van der Waals surface area (Å²) in [4.78, 5) is 16.6. The summed E-state index contributed by atoms with van der Waals surface area (Å²) in [5, 5.41) is 9.09. The molecule has 0 saturated carbocycles. The van der Waals surface area contributed by atoms with Gasteiger partial charge in [-0.1, -0.05) is 6.07 Å². The van der Waals surface area contributed by atoms with E-state index in [0.717, 1.165) is 24.8 Å². The van der Waals surface area contributed by atoms with E-state index in [1.807, 2.05) is 21.0 Å². The van der Waals surface area contributed by atoms with Crippen LogP contribution in [0, 0.1) is 18.7 Å². The molecule has 0 aliphatic carbocycles. The lowest BCUT2D eigenvalue weighted by Gasteiger charge is -2.41. The van der Waals surface area contributed by atoms with Crippen molar-refractivity contribution in [1.82, 2.24) is 9.80 Å². The van der Waals surface area contributed by atoms with Gasteiger partial charge in [-0.15, -0.1) is 0 Å². The summed E-state index contributed by atoms with van der Waals surface area (Å²) < 4.78 is 14.1. The normalized spacial score (nSPS) is 21.7. The molecule has 128 valence electrons. The van der Waals surface area contributed by atoms with E-state index in [1.54, 1.807) is 17.0 Å². The van der Waals surface area contributed by atoms with Crippen LogP contribution in [0.15, 0.2) is 18.2 Å². The van der Waals surface area contributed by atoms with Crippen LogP contribution in [0.25, 0.3) is 0 Å². The summed E-state index contributed by atoms with van der Waals surface area (Å²) in [6, 6.07) is 5.15. The molecular formula is C18H27FN2O2. The van der Waals surface area contributed by atoms with Gasteiger partial charge in [-0.2, -0.15) is 0 Å². The number of nitrogens with zero attached hydrogens (tertiary/aromatic N) is 2. The first kappa shape index (κ1) is 17.9. The Morgan fingerprint density at radius 3 is 2.78 bits per heavy atom. The minimum absolute atomic E-state index is 0.153. The summed E-state index contributed by atoms with van der Waals surface area (Å²) in [6.07, 6.45) is 2.48. The molecule has 1 amide bonds. The number of amides is 1. The van der Waals surface area contributed by atoms with Gasteiger partial charge >= 0.3 is 0 Å². The SMILES string of the molecule is Cc1ccc(C(=O)N2CC[C@@H](N(C)C)[C@@H](CCCO)C2)c(F)c1. The first-order chi connectivity index (χ1) is 10.9. The minimum atomic E-state index is -0.448. The lowest BCUT2D eigenvalue weighted by Crippen LogP contribution is -2.50. The first-order valence-corrected chi connectivity index (χ1v) is 8.26. The van der Waals surface area contributed by atoms with Crippen molar-refractivity contribution in [3.63, 3.8) is 0 Å². The van der Waals surface area contributed by atoms with E-state index in [2.05, 4.69) is 4.90 Å². The Hall–Kier alpha value is -1.46. The fourth-order valence-corrected chi connectivity index (χ4v) is 3.49. The highest BCUT2D eigenvalue weighted by atomic mass is 19.1. The van der Waals surface area contributed by atoms with E-state index in [0.29, 0.717) is 25.0 Å². The number of rotatable bonds is 5. The van der Waals surface area contributed by atoms with Gasteiger partial charge in [0.05, 0.1) is 5.56 Å². The summed E-state index contributed by atoms with van der Waals surface area (Å²) in [6.45, 7) is 3.24. The average Bonchev–Trinajstić information content (AvgIpc) is 2.51. The van der Waals surface area contributed by atoms with E-state index in [9.17, 15) is 9.18 Å². The predicted molar refractivity (Wildman–Crippen MR) is 88.9 cm³/mol. The molecule has 0 bridgehead atoms. The Kier molecular flexibility index (Phi) is 6.13. The van der Waals surface area contributed by atoms with Gasteiger partial charge in [-0.3, -0.25) is 4.79 Å². The second kappa shape index (κ2) is 7.88. The highest BCUT2D eigenvalue weighted by Gasteiger charge is 2.33. The topological polar surface area (TPSA) is 43.8 Å². The van der Waals surface area contributed by atoms with Crippen molar-refractivity contribution in [3.05, 3.63) is 35.1 Å². The van der Waals surface area contributed by atoms with Crippen LogP contribution < -0.4 is 0 Å². The zero-order valence-corrected chi connectivity index (χ0v) is 14.3. The van der Waals surface area contributed by atoms with E-state index in [1.165, 1.54) is 6.07 Å². The number of benzene rings is 1. The smallest absolute Gasteiger partial charge is 0.256 e. The van der Waals surface area contributed by atoms with Crippen LogP contribution in [0.2, 0.25) is 0 Å². The van der Waals surface area contributed by atoms with Gasteiger partial charge in [0, 0.05) is 25.7 Å². The van der Waals surface area contributed by atoms with Crippen LogP contribution in [-0.4, -0.2) is 60.6 Å². The van der Waals surface area contributed by atoms with Crippen molar-refractivity contribution < 1.29 is 14.3 Å². The fraction of sp³-hybridized carbons (Fsp3) is 0.611. The maximum atomic E-state index is 14.1. The third-order valence-corrected chi connectivity index (χ3v) is 4.73. The second-order valence-corrected chi connectivity index (χ2v) is 6.68. The van der Waals surface area contributed by atoms with E-state index in [4.69, 9.17) is 5.11 Å². The molecule has 2 rings (SSSR count). The Bertz CT molecular complexity index is 548. The van der Waals surface area contributed by atoms with Gasteiger partial charge in [0.25, 0.3) is 5.91 Å². The standard InChI is InChI=1S/C18H27FN2O2/c1-13-6-7-15(16(19)11-13)18(23)21-9-8-17(20(2)3)14(12-21)5-4-10-22/h6-7,11,14,17,22H,4-5,8-10,12H2,1-3H3/t14-,17+/m0/s1. The van der Waals surface area contributed by atoms with Gasteiger partial charge in [-0.05, 0) is 63.9 Å². The highest BCUT2D eigenvalue weighted by molar-refractivity contribution is 5.94. The van der Waals surface area contributed by atoms with Gasteiger partial charge in [-0.25, -0.2) is 4.39 Å². The zero-order chi connectivity index (χ0) is 17.0. The van der Waals surface area contributed by atoms with E-state index in [-0.39, 0.29) is 18.1 Å². The first-order valence-electron chi connectivity index (χ1n) is 8.26. The number of halogens is 1. The molecule has 0 radical (unpaired) electrons. The average molecular weight is 322 g/mol. The summed E-state index contributed by atoms with van der Waals surface area (Å²) in [7, 11) is 4.10.